The molecule has 0 amide bonds. The number of hydrogen-bond donors (Lipinski definition) is 1. The van der Waals surface area contributed by atoms with Crippen LogP contribution < -0.4 is 5.32 Å². The van der Waals surface area contributed by atoms with Gasteiger partial charge in [0.15, 0.2) is 0 Å². The summed E-state index contributed by atoms with van der Waals surface area (Å²) >= 11 is 0. The average Bonchev–Trinajstić information content (AvgIpc) is 2.79. The van der Waals surface area contributed by atoms with E-state index in [0.717, 1.165) is 18.7 Å². The van der Waals surface area contributed by atoms with Crippen molar-refractivity contribution < 1.29 is 0 Å². The maximum Gasteiger partial charge on any atom is 0.0648 e. The monoisotopic (exact) mass is 257 g/mol. The summed E-state index contributed by atoms with van der Waals surface area (Å²) in [6.07, 6.45) is 2.96. The number of benzene rings is 1. The van der Waals surface area contributed by atoms with Crippen molar-refractivity contribution in [1.29, 1.82) is 0 Å². The van der Waals surface area contributed by atoms with Crippen molar-refractivity contribution >= 4 is 0 Å². The molecule has 0 aliphatic rings. The Morgan fingerprint density at radius 3 is 2.42 bits per heavy atom. The predicted octanol–water partition coefficient (Wildman–Crippen LogP) is 3.32. The molecule has 0 saturated carbocycles. The number of rotatable bonds is 4. The fraction of sp³-hybridized carbons (Fsp3) is 0.438. The molecule has 3 nitrogen and oxygen atoms in total. The Morgan fingerprint density at radius 1 is 1.16 bits per heavy atom. The minimum atomic E-state index is 0.125. The number of aromatic nitrogens is 2. The van der Waals surface area contributed by atoms with E-state index in [1.807, 2.05) is 29.1 Å². The first-order valence-corrected chi connectivity index (χ1v) is 6.87. The summed E-state index contributed by atoms with van der Waals surface area (Å²) in [6, 6.07) is 10.3. The number of hydrogen-bond acceptors (Lipinski definition) is 2. The lowest BCUT2D eigenvalue weighted by atomic mass is 10.1. The minimum absolute atomic E-state index is 0.125. The van der Waals surface area contributed by atoms with E-state index in [1.54, 1.807) is 0 Å². The van der Waals surface area contributed by atoms with Crippen LogP contribution in [0.25, 0.3) is 5.69 Å². The van der Waals surface area contributed by atoms with E-state index in [4.69, 9.17) is 0 Å². The van der Waals surface area contributed by atoms with Gasteiger partial charge >= 0.3 is 0 Å². The second-order valence-corrected chi connectivity index (χ2v) is 5.82. The van der Waals surface area contributed by atoms with Crippen LogP contribution in [0.2, 0.25) is 0 Å². The zero-order valence-corrected chi connectivity index (χ0v) is 12.3. The number of nitrogens with one attached hydrogen (secondary N) is 1. The molecule has 0 aliphatic heterocycles. The largest absolute Gasteiger partial charge is 0.308 e. The van der Waals surface area contributed by atoms with Crippen molar-refractivity contribution in [1.82, 2.24) is 15.1 Å². The van der Waals surface area contributed by atoms with Crippen LogP contribution >= 0.6 is 0 Å². The van der Waals surface area contributed by atoms with Crippen molar-refractivity contribution in [2.45, 2.75) is 46.2 Å². The van der Waals surface area contributed by atoms with Gasteiger partial charge in [0.1, 0.15) is 0 Å². The molecule has 0 aliphatic carbocycles. The highest BCUT2D eigenvalue weighted by molar-refractivity contribution is 5.35. The van der Waals surface area contributed by atoms with E-state index in [1.165, 1.54) is 11.3 Å². The molecule has 0 fully saturated rings. The van der Waals surface area contributed by atoms with E-state index in [0.29, 0.717) is 0 Å². The molecule has 2 rings (SSSR count). The highest BCUT2D eigenvalue weighted by atomic mass is 15.3. The van der Waals surface area contributed by atoms with Gasteiger partial charge in [0, 0.05) is 23.3 Å². The van der Waals surface area contributed by atoms with Gasteiger partial charge in [-0.1, -0.05) is 25.1 Å². The molecule has 1 aromatic carbocycles. The van der Waals surface area contributed by atoms with Crippen LogP contribution in [0.15, 0.2) is 36.5 Å². The van der Waals surface area contributed by atoms with E-state index in [9.17, 15) is 0 Å². The summed E-state index contributed by atoms with van der Waals surface area (Å²) in [5.41, 5.74) is 3.81. The van der Waals surface area contributed by atoms with Crippen molar-refractivity contribution in [2.75, 3.05) is 0 Å². The second-order valence-electron chi connectivity index (χ2n) is 5.82. The molecular weight excluding hydrogens is 234 g/mol. The quantitative estimate of drug-likeness (QED) is 0.910. The SMILES string of the molecule is CCc1c(CNC(C)(C)C)cnn1-c1ccccc1. The van der Waals surface area contributed by atoms with Crippen LogP contribution in [-0.4, -0.2) is 15.3 Å². The van der Waals surface area contributed by atoms with Gasteiger partial charge in [0.05, 0.1) is 11.9 Å². The van der Waals surface area contributed by atoms with Crippen molar-refractivity contribution in [3.8, 4) is 5.69 Å². The molecule has 0 radical (unpaired) electrons. The van der Waals surface area contributed by atoms with Crippen LogP contribution in [0.5, 0.6) is 0 Å². The Kier molecular flexibility index (Phi) is 4.05. The van der Waals surface area contributed by atoms with Crippen molar-refractivity contribution in [2.24, 2.45) is 0 Å². The van der Waals surface area contributed by atoms with Gasteiger partial charge in [-0.25, -0.2) is 4.68 Å². The third-order valence-electron chi connectivity index (χ3n) is 3.10. The minimum Gasteiger partial charge on any atom is -0.308 e. The third-order valence-corrected chi connectivity index (χ3v) is 3.10. The molecule has 0 spiro atoms. The molecule has 1 heterocycles. The molecule has 1 aromatic heterocycles. The Hall–Kier alpha value is -1.61. The fourth-order valence-corrected chi connectivity index (χ4v) is 2.08. The summed E-state index contributed by atoms with van der Waals surface area (Å²) in [7, 11) is 0. The van der Waals surface area contributed by atoms with Gasteiger partial charge in [-0.3, -0.25) is 0 Å². The van der Waals surface area contributed by atoms with E-state index < -0.39 is 0 Å². The van der Waals surface area contributed by atoms with E-state index in [-0.39, 0.29) is 5.54 Å². The first-order valence-electron chi connectivity index (χ1n) is 6.87. The maximum absolute atomic E-state index is 4.53. The average molecular weight is 257 g/mol. The molecule has 0 unspecified atom stereocenters. The molecule has 2 aromatic rings. The highest BCUT2D eigenvalue weighted by Crippen LogP contribution is 2.16. The molecule has 0 atom stereocenters. The highest BCUT2D eigenvalue weighted by Gasteiger charge is 2.13. The summed E-state index contributed by atoms with van der Waals surface area (Å²) in [6.45, 7) is 9.58. The molecule has 3 heteroatoms. The van der Waals surface area contributed by atoms with Gasteiger partial charge in [-0.15, -0.1) is 0 Å². The van der Waals surface area contributed by atoms with Crippen LogP contribution in [0.1, 0.15) is 39.0 Å². The zero-order valence-electron chi connectivity index (χ0n) is 12.3. The fourth-order valence-electron chi connectivity index (χ4n) is 2.08. The van der Waals surface area contributed by atoms with Gasteiger partial charge < -0.3 is 5.32 Å². The summed E-state index contributed by atoms with van der Waals surface area (Å²) in [4.78, 5) is 0. The van der Waals surface area contributed by atoms with Gasteiger partial charge in [0.2, 0.25) is 0 Å². The van der Waals surface area contributed by atoms with E-state index >= 15 is 0 Å². The van der Waals surface area contributed by atoms with Crippen LogP contribution in [-0.2, 0) is 13.0 Å². The molecule has 102 valence electrons. The first kappa shape index (κ1) is 13.8. The Balaban J connectivity index is 2.26. The maximum atomic E-state index is 4.53. The zero-order chi connectivity index (χ0) is 13.9. The third kappa shape index (κ3) is 3.44. The molecule has 19 heavy (non-hydrogen) atoms. The van der Waals surface area contributed by atoms with Gasteiger partial charge in [0.25, 0.3) is 0 Å². The number of nitrogens with zero attached hydrogens (tertiary/aromatic N) is 2. The molecule has 1 N–H and O–H groups in total. The molecule has 0 bridgehead atoms. The van der Waals surface area contributed by atoms with Crippen LogP contribution in [0.3, 0.4) is 0 Å². The topological polar surface area (TPSA) is 29.9 Å². The Bertz CT molecular complexity index is 521. The number of para-hydroxylation sites is 1. The lowest BCUT2D eigenvalue weighted by Crippen LogP contribution is -2.35. The summed E-state index contributed by atoms with van der Waals surface area (Å²) < 4.78 is 2.04. The van der Waals surface area contributed by atoms with E-state index in [2.05, 4.69) is 50.2 Å². The first-order chi connectivity index (χ1) is 9.01. The second kappa shape index (κ2) is 5.57. The normalized spacial score (nSPS) is 11.8. The lowest BCUT2D eigenvalue weighted by molar-refractivity contribution is 0.423. The van der Waals surface area contributed by atoms with Gasteiger partial charge in [-0.2, -0.15) is 5.10 Å². The van der Waals surface area contributed by atoms with Crippen molar-refractivity contribution in [3.05, 3.63) is 47.8 Å². The smallest absolute Gasteiger partial charge is 0.0648 e. The Labute approximate surface area is 115 Å². The summed E-state index contributed by atoms with van der Waals surface area (Å²) in [5.74, 6) is 0. The lowest BCUT2D eigenvalue weighted by Gasteiger charge is -2.20. The Morgan fingerprint density at radius 2 is 1.84 bits per heavy atom. The molecule has 0 saturated heterocycles. The molecular formula is C16H23N3. The van der Waals surface area contributed by atoms with Crippen LogP contribution in [0.4, 0.5) is 0 Å². The van der Waals surface area contributed by atoms with Crippen molar-refractivity contribution in [3.63, 3.8) is 0 Å². The van der Waals surface area contributed by atoms with Crippen LogP contribution in [0, 0.1) is 0 Å². The predicted molar refractivity (Wildman–Crippen MR) is 79.5 cm³/mol. The summed E-state index contributed by atoms with van der Waals surface area (Å²) in [5, 5.41) is 8.06. The van der Waals surface area contributed by atoms with Gasteiger partial charge in [-0.05, 0) is 39.3 Å². The standard InChI is InChI=1S/C16H23N3/c1-5-15-13(11-17-16(2,3)4)12-18-19(15)14-9-7-6-8-10-14/h6-10,12,17H,5,11H2,1-4H3.